The van der Waals surface area contributed by atoms with Crippen LogP contribution in [-0.2, 0) is 4.79 Å². The molecule has 0 saturated heterocycles. The zero-order valence-corrected chi connectivity index (χ0v) is 11.7. The third-order valence-electron chi connectivity index (χ3n) is 2.85. The Balaban J connectivity index is 3.17. The molecule has 2 heteroatoms. The Hall–Kier alpha value is -0.920. The molecule has 0 atom stereocenters. The second-order valence-corrected chi connectivity index (χ2v) is 4.66. The molecule has 0 radical (unpaired) electrons. The first-order valence-corrected chi connectivity index (χ1v) is 7.27. The molecule has 0 amide bonds. The summed E-state index contributed by atoms with van der Waals surface area (Å²) in [6, 6.07) is -1.17. The van der Waals surface area contributed by atoms with E-state index in [1.54, 1.807) is 0 Å². The molecule has 0 aliphatic carbocycles. The van der Waals surface area contributed by atoms with Gasteiger partial charge in [0.2, 0.25) is 0 Å². The summed E-state index contributed by atoms with van der Waals surface area (Å²) >= 11 is 0. The lowest BCUT2D eigenvalue weighted by Gasteiger charge is -1.97. The maximum atomic E-state index is 11.9. The Kier molecular flexibility index (Phi) is 13.4. The van der Waals surface area contributed by atoms with Crippen LogP contribution >= 0.6 is 0 Å². The lowest BCUT2D eigenvalue weighted by molar-refractivity contribution is -0.129. The molecule has 1 nitrogen and oxygen atoms in total. The molecule has 0 saturated carbocycles. The number of allylic oxidation sites excluding steroid dienone is 4. The molecule has 0 aromatic carbocycles. The first-order chi connectivity index (χ1) is 8.77. The van der Waals surface area contributed by atoms with Crippen LogP contribution in [-0.4, -0.2) is 6.04 Å². The van der Waals surface area contributed by atoms with Crippen molar-refractivity contribution in [1.29, 1.82) is 0 Å². The van der Waals surface area contributed by atoms with Gasteiger partial charge in [-0.05, 0) is 25.7 Å². The van der Waals surface area contributed by atoms with Crippen molar-refractivity contribution in [2.24, 2.45) is 0 Å². The Bertz CT molecular complexity index is 243. The summed E-state index contributed by atoms with van der Waals surface area (Å²) in [6.07, 6.45) is 18.7. The van der Waals surface area contributed by atoms with Crippen molar-refractivity contribution in [3.63, 3.8) is 0 Å². The molecule has 0 N–H and O–H groups in total. The molecule has 18 heavy (non-hydrogen) atoms. The monoisotopic (exact) mass is 254 g/mol. The van der Waals surface area contributed by atoms with Crippen molar-refractivity contribution in [3.8, 4) is 0 Å². The maximum absolute atomic E-state index is 11.9. The zero-order chi connectivity index (χ0) is 13.5. The zero-order valence-electron chi connectivity index (χ0n) is 11.7. The van der Waals surface area contributed by atoms with Gasteiger partial charge in [0.05, 0.1) is 0 Å². The first-order valence-electron chi connectivity index (χ1n) is 7.27. The highest BCUT2D eigenvalue weighted by molar-refractivity contribution is 5.67. The van der Waals surface area contributed by atoms with Gasteiger partial charge in [-0.15, -0.1) is 0 Å². The molecule has 0 rings (SSSR count). The van der Waals surface area contributed by atoms with Crippen molar-refractivity contribution >= 4 is 6.04 Å². The highest BCUT2D eigenvalue weighted by atomic mass is 19.1. The van der Waals surface area contributed by atoms with Gasteiger partial charge in [-0.1, -0.05) is 63.3 Å². The molecule has 104 valence electrons. The molecule has 0 aromatic heterocycles. The van der Waals surface area contributed by atoms with Crippen LogP contribution in [0.4, 0.5) is 4.39 Å². The second kappa shape index (κ2) is 14.1. The average molecular weight is 254 g/mol. The van der Waals surface area contributed by atoms with Gasteiger partial charge in [-0.3, -0.25) is 4.79 Å². The van der Waals surface area contributed by atoms with E-state index in [2.05, 4.69) is 31.2 Å². The van der Waals surface area contributed by atoms with Crippen LogP contribution in [0.25, 0.3) is 0 Å². The molecular weight excluding hydrogens is 227 g/mol. The average Bonchev–Trinajstić information content (AvgIpc) is 2.34. The summed E-state index contributed by atoms with van der Waals surface area (Å²) in [6.45, 7) is 2.20. The van der Waals surface area contributed by atoms with Crippen LogP contribution in [0.2, 0.25) is 0 Å². The predicted octanol–water partition coefficient (Wildman–Crippen LogP) is 5.52. The summed E-state index contributed by atoms with van der Waals surface area (Å²) in [5, 5.41) is 0. The van der Waals surface area contributed by atoms with Crippen molar-refractivity contribution in [2.75, 3.05) is 0 Å². The van der Waals surface area contributed by atoms with Crippen LogP contribution in [0.5, 0.6) is 0 Å². The highest BCUT2D eigenvalue weighted by Crippen LogP contribution is 2.08. The van der Waals surface area contributed by atoms with Gasteiger partial charge in [0.25, 0.3) is 0 Å². The van der Waals surface area contributed by atoms with Gasteiger partial charge >= 0.3 is 6.04 Å². The van der Waals surface area contributed by atoms with Gasteiger partial charge in [-0.25, -0.2) is 0 Å². The van der Waals surface area contributed by atoms with Crippen LogP contribution in [0, 0.1) is 0 Å². The summed E-state index contributed by atoms with van der Waals surface area (Å²) in [4.78, 5) is 10.1. The molecule has 0 aliphatic heterocycles. The summed E-state index contributed by atoms with van der Waals surface area (Å²) in [5.41, 5.74) is 0. The van der Waals surface area contributed by atoms with E-state index in [4.69, 9.17) is 0 Å². The Morgan fingerprint density at radius 2 is 1.44 bits per heavy atom. The van der Waals surface area contributed by atoms with Crippen molar-refractivity contribution in [3.05, 3.63) is 24.3 Å². The van der Waals surface area contributed by atoms with Gasteiger partial charge in [0, 0.05) is 6.42 Å². The van der Waals surface area contributed by atoms with Crippen molar-refractivity contribution in [1.82, 2.24) is 0 Å². The van der Waals surface area contributed by atoms with Gasteiger partial charge in [-0.2, -0.15) is 4.39 Å². The van der Waals surface area contributed by atoms with Gasteiger partial charge in [0.1, 0.15) is 0 Å². The van der Waals surface area contributed by atoms with Crippen LogP contribution < -0.4 is 0 Å². The Labute approximate surface area is 111 Å². The second-order valence-electron chi connectivity index (χ2n) is 4.66. The smallest absolute Gasteiger partial charge is 0.261 e. The van der Waals surface area contributed by atoms with E-state index >= 15 is 0 Å². The molecule has 0 spiro atoms. The summed E-state index contributed by atoms with van der Waals surface area (Å²) < 4.78 is 11.9. The number of rotatable bonds is 12. The third-order valence-corrected chi connectivity index (χ3v) is 2.85. The van der Waals surface area contributed by atoms with Crippen molar-refractivity contribution < 1.29 is 9.18 Å². The minimum Gasteiger partial charge on any atom is -0.261 e. The summed E-state index contributed by atoms with van der Waals surface area (Å²) in [5.74, 6) is 0. The normalized spacial score (nSPS) is 11.7. The van der Waals surface area contributed by atoms with E-state index in [0.29, 0.717) is 6.42 Å². The Morgan fingerprint density at radius 1 is 0.889 bits per heavy atom. The molecule has 0 aromatic rings. The number of hydrogen-bond acceptors (Lipinski definition) is 1. The number of unbranched alkanes of at least 4 members (excludes halogenated alkanes) is 7. The van der Waals surface area contributed by atoms with Crippen LogP contribution in [0.1, 0.15) is 71.1 Å². The van der Waals surface area contributed by atoms with Crippen molar-refractivity contribution in [2.45, 2.75) is 71.1 Å². The Morgan fingerprint density at radius 3 is 2.06 bits per heavy atom. The van der Waals surface area contributed by atoms with Gasteiger partial charge < -0.3 is 0 Å². The molecule has 0 aliphatic rings. The first kappa shape index (κ1) is 17.1. The minimum atomic E-state index is -1.17. The van der Waals surface area contributed by atoms with E-state index in [0.717, 1.165) is 19.3 Å². The lowest BCUT2D eigenvalue weighted by Crippen LogP contribution is -1.87. The number of halogens is 1. The fourth-order valence-electron chi connectivity index (χ4n) is 1.73. The fourth-order valence-corrected chi connectivity index (χ4v) is 1.73. The summed E-state index contributed by atoms with van der Waals surface area (Å²) in [7, 11) is 0. The number of carbonyl (C=O) groups is 1. The maximum Gasteiger partial charge on any atom is 0.301 e. The number of carbonyl (C=O) groups excluding carboxylic acids is 1. The number of hydrogen-bond donors (Lipinski definition) is 0. The molecular formula is C16H27FO. The SMILES string of the molecule is CCCC/C=C/C=C/CCCCCCCC(=O)F. The van der Waals surface area contributed by atoms with E-state index in [1.165, 1.54) is 32.1 Å². The van der Waals surface area contributed by atoms with Crippen LogP contribution in [0.15, 0.2) is 24.3 Å². The van der Waals surface area contributed by atoms with Gasteiger partial charge in [0.15, 0.2) is 0 Å². The lowest BCUT2D eigenvalue weighted by atomic mass is 10.1. The molecule has 0 heterocycles. The van der Waals surface area contributed by atoms with E-state index in [9.17, 15) is 9.18 Å². The quantitative estimate of drug-likeness (QED) is 0.255. The largest absolute Gasteiger partial charge is 0.301 e. The molecule has 0 unspecified atom stereocenters. The fraction of sp³-hybridized carbons (Fsp3) is 0.688. The van der Waals surface area contributed by atoms with E-state index in [-0.39, 0.29) is 6.42 Å². The topological polar surface area (TPSA) is 17.1 Å². The molecule has 0 fully saturated rings. The standard InChI is InChI=1S/C16H27FO/c1-2-3-4-5-6-7-8-9-10-11-12-13-14-15-16(17)18/h5-8H,2-4,9-15H2,1H3/b6-5+,8-7+. The third kappa shape index (κ3) is 15.1. The molecule has 0 bridgehead atoms. The van der Waals surface area contributed by atoms with E-state index < -0.39 is 6.04 Å². The van der Waals surface area contributed by atoms with E-state index in [1.807, 2.05) is 0 Å². The predicted molar refractivity (Wildman–Crippen MR) is 76.2 cm³/mol. The highest BCUT2D eigenvalue weighted by Gasteiger charge is 1.96. The minimum absolute atomic E-state index is 0.0997. The van der Waals surface area contributed by atoms with Crippen LogP contribution in [0.3, 0.4) is 0 Å².